The first kappa shape index (κ1) is 13.6. The lowest BCUT2D eigenvalue weighted by Gasteiger charge is -2.05. The van der Waals surface area contributed by atoms with Gasteiger partial charge >= 0.3 is 0 Å². The topological polar surface area (TPSA) is 61.7 Å². The number of aryl methyl sites for hydroxylation is 3. The van der Waals surface area contributed by atoms with Crippen molar-refractivity contribution in [2.75, 3.05) is 0 Å². The highest BCUT2D eigenvalue weighted by atomic mass is 16.3. The van der Waals surface area contributed by atoms with Gasteiger partial charge in [0.15, 0.2) is 0 Å². The summed E-state index contributed by atoms with van der Waals surface area (Å²) in [4.78, 5) is 0. The maximum absolute atomic E-state index is 5.65. The first-order valence-electron chi connectivity index (χ1n) is 7.13. The summed E-state index contributed by atoms with van der Waals surface area (Å²) in [5, 5.41) is 12.6. The van der Waals surface area contributed by atoms with Crippen LogP contribution in [-0.2, 0) is 19.5 Å². The van der Waals surface area contributed by atoms with Crippen molar-refractivity contribution in [2.45, 2.75) is 39.3 Å². The van der Waals surface area contributed by atoms with Gasteiger partial charge in [-0.3, -0.25) is 9.36 Å². The minimum Gasteiger partial charge on any atom is -0.466 e. The summed E-state index contributed by atoms with van der Waals surface area (Å²) < 4.78 is 9.40. The molecular weight excluding hydrogens is 266 g/mol. The van der Waals surface area contributed by atoms with Crippen LogP contribution >= 0.6 is 0 Å². The molecule has 0 amide bonds. The van der Waals surface area contributed by atoms with Crippen LogP contribution in [0.1, 0.15) is 30.1 Å². The van der Waals surface area contributed by atoms with Crippen LogP contribution in [0.4, 0.5) is 0 Å². The smallest absolute Gasteiger partial charge is 0.107 e. The summed E-state index contributed by atoms with van der Waals surface area (Å²) in [6, 6.07) is 5.94. The average Bonchev–Trinajstić information content (AvgIpc) is 3.17. The van der Waals surface area contributed by atoms with Crippen molar-refractivity contribution in [3.8, 4) is 0 Å². The van der Waals surface area contributed by atoms with Crippen LogP contribution in [0.15, 0.2) is 41.2 Å². The zero-order chi connectivity index (χ0) is 14.7. The molecule has 3 heterocycles. The van der Waals surface area contributed by atoms with E-state index in [1.54, 1.807) is 6.20 Å². The van der Waals surface area contributed by atoms with E-state index in [1.807, 2.05) is 46.9 Å². The molecule has 1 unspecified atom stereocenters. The number of hydrogen-bond acceptors (Lipinski definition) is 4. The molecular formula is C15H19N5O. The fourth-order valence-electron chi connectivity index (χ4n) is 2.31. The zero-order valence-corrected chi connectivity index (χ0v) is 12.3. The van der Waals surface area contributed by atoms with Crippen molar-refractivity contribution in [3.05, 3.63) is 54.0 Å². The molecule has 21 heavy (non-hydrogen) atoms. The Hall–Kier alpha value is -2.37. The van der Waals surface area contributed by atoms with E-state index < -0.39 is 0 Å². The number of rotatable bonds is 6. The van der Waals surface area contributed by atoms with Gasteiger partial charge in [0.1, 0.15) is 11.5 Å². The molecule has 0 radical (unpaired) electrons. The fourth-order valence-corrected chi connectivity index (χ4v) is 2.31. The van der Waals surface area contributed by atoms with Gasteiger partial charge in [0.05, 0.1) is 18.8 Å². The third-order valence-electron chi connectivity index (χ3n) is 3.47. The molecule has 3 rings (SSSR count). The van der Waals surface area contributed by atoms with Gasteiger partial charge in [-0.1, -0.05) is 12.1 Å². The van der Waals surface area contributed by atoms with Crippen molar-refractivity contribution in [3.63, 3.8) is 0 Å². The summed E-state index contributed by atoms with van der Waals surface area (Å²) in [7, 11) is 0. The minimum atomic E-state index is 0.301. The van der Waals surface area contributed by atoms with Gasteiger partial charge in [-0.05, 0) is 25.1 Å². The van der Waals surface area contributed by atoms with Crippen molar-refractivity contribution in [2.24, 2.45) is 0 Å². The number of aromatic nitrogens is 5. The Labute approximate surface area is 123 Å². The average molecular weight is 285 g/mol. The van der Waals surface area contributed by atoms with Gasteiger partial charge in [-0.25, -0.2) is 0 Å². The van der Waals surface area contributed by atoms with E-state index in [-0.39, 0.29) is 0 Å². The van der Waals surface area contributed by atoms with Crippen LogP contribution in [0.3, 0.4) is 0 Å². The van der Waals surface area contributed by atoms with Crippen LogP contribution in [0.2, 0.25) is 0 Å². The monoisotopic (exact) mass is 285 g/mol. The molecule has 0 spiro atoms. The fraction of sp³-hybridized carbons (Fsp3) is 0.400. The Morgan fingerprint density at radius 2 is 2.10 bits per heavy atom. The second-order valence-corrected chi connectivity index (χ2v) is 5.30. The number of furan rings is 1. The Balaban J connectivity index is 1.57. The maximum Gasteiger partial charge on any atom is 0.107 e. The lowest BCUT2D eigenvalue weighted by molar-refractivity contribution is 0.450. The van der Waals surface area contributed by atoms with Gasteiger partial charge in [-0.15, -0.1) is 5.10 Å². The predicted octanol–water partition coefficient (Wildman–Crippen LogP) is 2.42. The van der Waals surface area contributed by atoms with E-state index in [2.05, 4.69) is 22.3 Å². The highest BCUT2D eigenvalue weighted by Gasteiger charge is 2.12. The molecule has 110 valence electrons. The van der Waals surface area contributed by atoms with Crippen LogP contribution in [-0.4, -0.2) is 24.8 Å². The molecule has 0 fully saturated rings. The van der Waals surface area contributed by atoms with Crippen molar-refractivity contribution in [1.29, 1.82) is 0 Å². The zero-order valence-electron chi connectivity index (χ0n) is 12.3. The van der Waals surface area contributed by atoms with Crippen LogP contribution in [0, 0.1) is 6.92 Å². The Bertz CT molecular complexity index is 683. The summed E-state index contributed by atoms with van der Waals surface area (Å²) in [6.07, 6.45) is 6.55. The molecule has 0 N–H and O–H groups in total. The molecule has 0 aromatic carbocycles. The van der Waals surface area contributed by atoms with E-state index in [0.717, 1.165) is 36.7 Å². The van der Waals surface area contributed by atoms with Crippen molar-refractivity contribution in [1.82, 2.24) is 24.8 Å². The Kier molecular flexibility index (Phi) is 3.85. The molecule has 0 aliphatic heterocycles. The predicted molar refractivity (Wildman–Crippen MR) is 77.8 cm³/mol. The van der Waals surface area contributed by atoms with E-state index >= 15 is 0 Å². The maximum atomic E-state index is 5.65. The van der Waals surface area contributed by atoms with Gasteiger partial charge in [0.2, 0.25) is 0 Å². The number of hydrogen-bond donors (Lipinski definition) is 0. The van der Waals surface area contributed by atoms with Crippen LogP contribution in [0.25, 0.3) is 0 Å². The van der Waals surface area contributed by atoms with Gasteiger partial charge < -0.3 is 4.42 Å². The van der Waals surface area contributed by atoms with E-state index in [4.69, 9.17) is 4.42 Å². The number of nitrogens with zero attached hydrogens (tertiary/aromatic N) is 5. The molecule has 3 aromatic rings. The molecule has 0 aliphatic rings. The van der Waals surface area contributed by atoms with Crippen molar-refractivity contribution >= 4 is 0 Å². The minimum absolute atomic E-state index is 0.301. The molecule has 0 bridgehead atoms. The van der Waals surface area contributed by atoms with E-state index in [9.17, 15) is 0 Å². The lowest BCUT2D eigenvalue weighted by Crippen LogP contribution is -2.08. The quantitative estimate of drug-likeness (QED) is 0.698. The molecule has 6 nitrogen and oxygen atoms in total. The molecule has 6 heteroatoms. The third-order valence-corrected chi connectivity index (χ3v) is 3.47. The van der Waals surface area contributed by atoms with Gasteiger partial charge in [0, 0.05) is 30.9 Å². The summed E-state index contributed by atoms with van der Waals surface area (Å²) >= 11 is 0. The van der Waals surface area contributed by atoms with Gasteiger partial charge in [-0.2, -0.15) is 5.10 Å². The first-order chi connectivity index (χ1) is 10.2. The molecule has 0 aliphatic carbocycles. The van der Waals surface area contributed by atoms with E-state index in [1.165, 1.54) is 0 Å². The largest absolute Gasteiger partial charge is 0.466 e. The Morgan fingerprint density at radius 3 is 2.81 bits per heavy atom. The molecule has 0 saturated carbocycles. The van der Waals surface area contributed by atoms with Crippen LogP contribution in [0.5, 0.6) is 0 Å². The lowest BCUT2D eigenvalue weighted by atomic mass is 10.0. The third kappa shape index (κ3) is 3.39. The second-order valence-electron chi connectivity index (χ2n) is 5.30. The second kappa shape index (κ2) is 5.95. The molecule has 1 atom stereocenters. The summed E-state index contributed by atoms with van der Waals surface area (Å²) in [5.41, 5.74) is 0.983. The normalized spacial score (nSPS) is 12.7. The van der Waals surface area contributed by atoms with Gasteiger partial charge in [0.25, 0.3) is 0 Å². The van der Waals surface area contributed by atoms with Crippen molar-refractivity contribution < 1.29 is 4.42 Å². The van der Waals surface area contributed by atoms with Crippen LogP contribution < -0.4 is 0 Å². The summed E-state index contributed by atoms with van der Waals surface area (Å²) in [5.74, 6) is 2.24. The highest BCUT2D eigenvalue weighted by molar-refractivity contribution is 5.12. The van der Waals surface area contributed by atoms with E-state index in [0.29, 0.717) is 5.92 Å². The Morgan fingerprint density at radius 1 is 1.24 bits per heavy atom. The summed E-state index contributed by atoms with van der Waals surface area (Å²) in [6.45, 7) is 5.66. The molecule has 3 aromatic heterocycles. The highest BCUT2D eigenvalue weighted by Crippen LogP contribution is 2.21. The SMILES string of the molecule is Cc1ccc(C(C)Cc2cn(CCn3cccn3)nn2)o1. The standard InChI is InChI=1S/C15H19N5O/c1-12(15-5-4-13(2)21-15)10-14-11-20(18-17-14)9-8-19-7-3-6-16-19/h3-7,11-12H,8-10H2,1-2H3. The molecule has 0 saturated heterocycles. The first-order valence-corrected chi connectivity index (χ1v) is 7.13.